The van der Waals surface area contributed by atoms with Crippen LogP contribution in [0.15, 0.2) is 0 Å². The molecule has 0 aromatic carbocycles. The van der Waals surface area contributed by atoms with Crippen molar-refractivity contribution in [1.82, 2.24) is 20.2 Å². The van der Waals surface area contributed by atoms with Crippen LogP contribution in [0.25, 0.3) is 0 Å². The Morgan fingerprint density at radius 3 is 2.50 bits per heavy atom. The van der Waals surface area contributed by atoms with Crippen LogP contribution in [0.3, 0.4) is 0 Å². The third kappa shape index (κ3) is 0.828. The predicted molar refractivity (Wildman–Crippen MR) is 27.0 cm³/mol. The normalized spacial score (nSPS) is 10.4. The molecular formula is C4H7N4. The van der Waals surface area contributed by atoms with Gasteiger partial charge in [0.05, 0.1) is 6.04 Å². The van der Waals surface area contributed by atoms with E-state index in [1.807, 2.05) is 13.8 Å². The summed E-state index contributed by atoms with van der Waals surface area (Å²) >= 11 is 0. The second-order valence-corrected chi connectivity index (χ2v) is 1.82. The maximum atomic E-state index is 3.62. The van der Waals surface area contributed by atoms with Crippen molar-refractivity contribution < 1.29 is 0 Å². The van der Waals surface area contributed by atoms with E-state index in [-0.39, 0.29) is 0 Å². The van der Waals surface area contributed by atoms with E-state index in [0.29, 0.717) is 6.04 Å². The molecule has 4 nitrogen and oxygen atoms in total. The molecule has 1 heterocycles. The van der Waals surface area contributed by atoms with Crippen molar-refractivity contribution in [3.05, 3.63) is 6.33 Å². The van der Waals surface area contributed by atoms with E-state index >= 15 is 0 Å². The van der Waals surface area contributed by atoms with Crippen LogP contribution in [0.5, 0.6) is 0 Å². The van der Waals surface area contributed by atoms with Gasteiger partial charge in [-0.2, -0.15) is 0 Å². The molecule has 0 aliphatic rings. The Labute approximate surface area is 47.5 Å². The fourth-order valence-corrected chi connectivity index (χ4v) is 0.368. The molecule has 0 saturated heterocycles. The van der Waals surface area contributed by atoms with E-state index in [2.05, 4.69) is 21.9 Å². The highest BCUT2D eigenvalue weighted by Crippen LogP contribution is 1.94. The molecular weight excluding hydrogens is 104 g/mol. The summed E-state index contributed by atoms with van der Waals surface area (Å²) in [6.45, 7) is 3.99. The summed E-state index contributed by atoms with van der Waals surface area (Å²) in [5.74, 6) is 0. The molecule has 0 spiro atoms. The van der Waals surface area contributed by atoms with Crippen LogP contribution in [0.2, 0.25) is 0 Å². The fraction of sp³-hybridized carbons (Fsp3) is 0.750. The van der Waals surface area contributed by atoms with E-state index in [0.717, 1.165) is 0 Å². The minimum atomic E-state index is 0.310. The topological polar surface area (TPSA) is 43.6 Å². The molecule has 0 unspecified atom stereocenters. The first kappa shape index (κ1) is 5.21. The summed E-state index contributed by atoms with van der Waals surface area (Å²) in [5.41, 5.74) is 0. The molecule has 0 aliphatic carbocycles. The van der Waals surface area contributed by atoms with Gasteiger partial charge in [-0.05, 0) is 24.3 Å². The van der Waals surface area contributed by atoms with Gasteiger partial charge in [0.25, 0.3) is 0 Å². The van der Waals surface area contributed by atoms with Gasteiger partial charge in [0.15, 0.2) is 0 Å². The molecule has 0 amide bonds. The number of hydrogen-bond donors (Lipinski definition) is 0. The first-order valence-corrected chi connectivity index (χ1v) is 2.46. The van der Waals surface area contributed by atoms with Crippen molar-refractivity contribution >= 4 is 0 Å². The summed E-state index contributed by atoms with van der Waals surface area (Å²) in [6.07, 6.45) is 2.58. The Morgan fingerprint density at radius 2 is 2.25 bits per heavy atom. The molecule has 1 rings (SSSR count). The van der Waals surface area contributed by atoms with Gasteiger partial charge in [-0.15, -0.1) is 5.10 Å². The molecule has 0 bridgehead atoms. The minimum Gasteiger partial charge on any atom is -0.220 e. The van der Waals surface area contributed by atoms with Crippen molar-refractivity contribution in [2.75, 3.05) is 0 Å². The standard InChI is InChI=1S/C4H7N4/c1-4(2)8-3-5-6-7-8/h4H,1-2H3. The van der Waals surface area contributed by atoms with Gasteiger partial charge in [0.2, 0.25) is 6.33 Å². The largest absolute Gasteiger partial charge is 0.221 e. The molecule has 1 aromatic heterocycles. The van der Waals surface area contributed by atoms with Crippen molar-refractivity contribution in [3.63, 3.8) is 0 Å². The van der Waals surface area contributed by atoms with Crippen LogP contribution >= 0.6 is 0 Å². The van der Waals surface area contributed by atoms with Crippen molar-refractivity contribution in [2.45, 2.75) is 19.9 Å². The maximum absolute atomic E-state index is 3.62. The third-order valence-corrected chi connectivity index (χ3v) is 0.817. The second kappa shape index (κ2) is 1.90. The molecule has 1 radical (unpaired) electrons. The van der Waals surface area contributed by atoms with E-state index < -0.39 is 0 Å². The Bertz CT molecular complexity index is 143. The van der Waals surface area contributed by atoms with E-state index in [1.165, 1.54) is 0 Å². The zero-order valence-corrected chi connectivity index (χ0v) is 4.87. The number of rotatable bonds is 1. The smallest absolute Gasteiger partial charge is 0.220 e. The quantitative estimate of drug-likeness (QED) is 0.514. The van der Waals surface area contributed by atoms with Crippen LogP contribution in [-0.2, 0) is 0 Å². The van der Waals surface area contributed by atoms with Crippen molar-refractivity contribution in [3.8, 4) is 0 Å². The predicted octanol–water partition coefficient (Wildman–Crippen LogP) is 0.0542. The van der Waals surface area contributed by atoms with E-state index in [9.17, 15) is 0 Å². The molecule has 1 aromatic rings. The average Bonchev–Trinajstić information content (AvgIpc) is 2.12. The lowest BCUT2D eigenvalue weighted by molar-refractivity contribution is 0.511. The average molecular weight is 111 g/mol. The van der Waals surface area contributed by atoms with Crippen LogP contribution in [0.1, 0.15) is 19.9 Å². The monoisotopic (exact) mass is 111 g/mol. The summed E-state index contributed by atoms with van der Waals surface area (Å²) in [5, 5.41) is 10.4. The van der Waals surface area contributed by atoms with Crippen LogP contribution in [0, 0.1) is 6.33 Å². The number of hydrogen-bond acceptors (Lipinski definition) is 3. The van der Waals surface area contributed by atoms with Crippen molar-refractivity contribution in [1.29, 1.82) is 0 Å². The number of nitrogens with zero attached hydrogens (tertiary/aromatic N) is 4. The molecule has 0 N–H and O–H groups in total. The molecule has 43 valence electrons. The highest BCUT2D eigenvalue weighted by atomic mass is 15.5. The fourth-order valence-electron chi connectivity index (χ4n) is 0.368. The molecule has 8 heavy (non-hydrogen) atoms. The minimum absolute atomic E-state index is 0.310. The van der Waals surface area contributed by atoms with Gasteiger partial charge in [-0.3, -0.25) is 0 Å². The van der Waals surface area contributed by atoms with Gasteiger partial charge in [0, 0.05) is 0 Å². The first-order chi connectivity index (χ1) is 3.80. The zero-order valence-electron chi connectivity index (χ0n) is 4.87. The highest BCUT2D eigenvalue weighted by molar-refractivity contribution is 4.49. The Hall–Kier alpha value is -0.930. The van der Waals surface area contributed by atoms with Crippen molar-refractivity contribution in [2.24, 2.45) is 0 Å². The molecule has 4 heteroatoms. The van der Waals surface area contributed by atoms with Crippen LogP contribution in [0.4, 0.5) is 0 Å². The SMILES string of the molecule is CC(C)n1[c]nnn1. The van der Waals surface area contributed by atoms with Gasteiger partial charge in [0.1, 0.15) is 0 Å². The third-order valence-electron chi connectivity index (χ3n) is 0.817. The summed E-state index contributed by atoms with van der Waals surface area (Å²) < 4.78 is 1.57. The Morgan fingerprint density at radius 1 is 1.50 bits per heavy atom. The van der Waals surface area contributed by atoms with Crippen LogP contribution < -0.4 is 0 Å². The Kier molecular flexibility index (Phi) is 1.24. The maximum Gasteiger partial charge on any atom is 0.221 e. The van der Waals surface area contributed by atoms with Gasteiger partial charge in [-0.1, -0.05) is 0 Å². The number of aromatic nitrogens is 4. The lowest BCUT2D eigenvalue weighted by atomic mass is 10.4. The summed E-state index contributed by atoms with van der Waals surface area (Å²) in [4.78, 5) is 0. The lowest BCUT2D eigenvalue weighted by Gasteiger charge is -1.97. The molecule has 0 atom stereocenters. The van der Waals surface area contributed by atoms with E-state index in [4.69, 9.17) is 0 Å². The lowest BCUT2D eigenvalue weighted by Crippen LogP contribution is -2.00. The summed E-state index contributed by atoms with van der Waals surface area (Å²) in [7, 11) is 0. The first-order valence-electron chi connectivity index (χ1n) is 2.46. The van der Waals surface area contributed by atoms with Gasteiger partial charge >= 0.3 is 0 Å². The summed E-state index contributed by atoms with van der Waals surface area (Å²) in [6, 6.07) is 0.310. The molecule has 0 aliphatic heterocycles. The Balaban J connectivity index is 2.77. The van der Waals surface area contributed by atoms with Crippen LogP contribution in [-0.4, -0.2) is 20.2 Å². The number of tetrazole rings is 1. The highest BCUT2D eigenvalue weighted by Gasteiger charge is 1.95. The zero-order chi connectivity index (χ0) is 5.98. The van der Waals surface area contributed by atoms with Gasteiger partial charge in [-0.25, -0.2) is 4.68 Å². The van der Waals surface area contributed by atoms with Gasteiger partial charge < -0.3 is 0 Å². The molecule has 0 saturated carbocycles. The molecule has 0 fully saturated rings. The van der Waals surface area contributed by atoms with E-state index in [1.54, 1.807) is 4.68 Å². The second-order valence-electron chi connectivity index (χ2n) is 1.82.